The molecular weight excluding hydrogens is 331 g/mol. The summed E-state index contributed by atoms with van der Waals surface area (Å²) in [6, 6.07) is 1.79. The van der Waals surface area contributed by atoms with E-state index in [-0.39, 0.29) is 16.4 Å². The Hall–Kier alpha value is -2.73. The predicted octanol–water partition coefficient (Wildman–Crippen LogP) is 4.55. The molecule has 2 rings (SSSR count). The number of hydrogen-bond donors (Lipinski definition) is 1. The molecule has 2 heterocycles. The Labute approximate surface area is 144 Å². The lowest BCUT2D eigenvalue weighted by molar-refractivity contribution is 0.413. The summed E-state index contributed by atoms with van der Waals surface area (Å²) in [6.45, 7) is 8.70. The maximum atomic E-state index is 13.7. The van der Waals surface area contributed by atoms with Crippen LogP contribution >= 0.6 is 11.6 Å². The highest BCUT2D eigenvalue weighted by Gasteiger charge is 2.14. The molecule has 0 fully saturated rings. The zero-order valence-corrected chi connectivity index (χ0v) is 14.1. The van der Waals surface area contributed by atoms with Crippen LogP contribution in [0.3, 0.4) is 0 Å². The van der Waals surface area contributed by atoms with Crippen LogP contribution in [-0.4, -0.2) is 22.1 Å². The van der Waals surface area contributed by atoms with Crippen LogP contribution in [0.5, 0.6) is 5.75 Å². The van der Waals surface area contributed by atoms with E-state index in [0.717, 1.165) is 11.3 Å². The molecule has 0 saturated heterocycles. The molecule has 0 bridgehead atoms. The van der Waals surface area contributed by atoms with Gasteiger partial charge in [-0.1, -0.05) is 24.8 Å². The van der Waals surface area contributed by atoms with Crippen LogP contribution in [0.15, 0.2) is 54.7 Å². The van der Waals surface area contributed by atoms with Crippen molar-refractivity contribution in [1.29, 1.82) is 0 Å². The van der Waals surface area contributed by atoms with E-state index in [1.165, 1.54) is 19.4 Å². The van der Waals surface area contributed by atoms with Crippen LogP contribution in [0.4, 0.5) is 15.9 Å². The molecule has 2 aromatic rings. The Morgan fingerprint density at radius 1 is 1.38 bits per heavy atom. The maximum Gasteiger partial charge on any atom is 0.179 e. The summed E-state index contributed by atoms with van der Waals surface area (Å²) in [5, 5.41) is 3.27. The third-order valence-electron chi connectivity index (χ3n) is 3.08. The molecule has 2 aromatic heterocycles. The molecule has 24 heavy (non-hydrogen) atoms. The Morgan fingerprint density at radius 3 is 2.71 bits per heavy atom. The van der Waals surface area contributed by atoms with Gasteiger partial charge in [0.1, 0.15) is 5.83 Å². The van der Waals surface area contributed by atoms with E-state index < -0.39 is 5.83 Å². The number of allylic oxidation sites excluding steroid dienone is 4. The van der Waals surface area contributed by atoms with Crippen LogP contribution in [0.25, 0.3) is 5.57 Å². The average molecular weight is 347 g/mol. The molecule has 124 valence electrons. The minimum atomic E-state index is -0.715. The molecule has 0 atom stereocenters. The Morgan fingerprint density at radius 2 is 2.12 bits per heavy atom. The van der Waals surface area contributed by atoms with Gasteiger partial charge in [0.2, 0.25) is 0 Å². The smallest absolute Gasteiger partial charge is 0.179 e. The molecule has 0 unspecified atom stereocenters. The van der Waals surface area contributed by atoms with Crippen molar-refractivity contribution in [1.82, 2.24) is 15.0 Å². The minimum Gasteiger partial charge on any atom is -0.491 e. The fraction of sp³-hybridized carbons (Fsp3) is 0.118. The summed E-state index contributed by atoms with van der Waals surface area (Å²) in [4.78, 5) is 12.4. The van der Waals surface area contributed by atoms with Gasteiger partial charge in [-0.05, 0) is 24.6 Å². The maximum absolute atomic E-state index is 13.7. The molecule has 7 heteroatoms. The number of aryl methyl sites for hydroxylation is 1. The topological polar surface area (TPSA) is 59.9 Å². The monoisotopic (exact) mass is 346 g/mol. The van der Waals surface area contributed by atoms with Crippen molar-refractivity contribution in [3.63, 3.8) is 0 Å². The number of aromatic nitrogens is 3. The third kappa shape index (κ3) is 4.17. The summed E-state index contributed by atoms with van der Waals surface area (Å²) >= 11 is 5.73. The van der Waals surface area contributed by atoms with Gasteiger partial charge in [-0.2, -0.15) is 0 Å². The summed E-state index contributed by atoms with van der Waals surface area (Å²) in [5.41, 5.74) is 1.76. The summed E-state index contributed by atoms with van der Waals surface area (Å²) < 4.78 is 19.0. The van der Waals surface area contributed by atoms with Crippen molar-refractivity contribution in [2.75, 3.05) is 12.4 Å². The van der Waals surface area contributed by atoms with Crippen molar-refractivity contribution < 1.29 is 9.13 Å². The highest BCUT2D eigenvalue weighted by Crippen LogP contribution is 2.29. The van der Waals surface area contributed by atoms with Gasteiger partial charge in [-0.15, -0.1) is 0 Å². The third-order valence-corrected chi connectivity index (χ3v) is 3.19. The fourth-order valence-corrected chi connectivity index (χ4v) is 2.01. The second kappa shape index (κ2) is 7.70. The quantitative estimate of drug-likeness (QED) is 0.777. The van der Waals surface area contributed by atoms with Crippen LogP contribution in [0, 0.1) is 6.92 Å². The van der Waals surface area contributed by atoms with E-state index in [4.69, 9.17) is 16.3 Å². The van der Waals surface area contributed by atoms with Gasteiger partial charge in [0, 0.05) is 23.1 Å². The van der Waals surface area contributed by atoms with Crippen molar-refractivity contribution in [2.24, 2.45) is 0 Å². The second-order valence-corrected chi connectivity index (χ2v) is 5.32. The largest absolute Gasteiger partial charge is 0.491 e. The zero-order valence-electron chi connectivity index (χ0n) is 13.3. The van der Waals surface area contributed by atoms with Gasteiger partial charge in [0.05, 0.1) is 18.9 Å². The Balaban J connectivity index is 2.49. The first-order valence-corrected chi connectivity index (χ1v) is 7.30. The van der Waals surface area contributed by atoms with Gasteiger partial charge >= 0.3 is 0 Å². The van der Waals surface area contributed by atoms with Crippen molar-refractivity contribution in [2.45, 2.75) is 6.92 Å². The van der Waals surface area contributed by atoms with Crippen LogP contribution in [-0.2, 0) is 0 Å². The molecule has 0 aliphatic rings. The van der Waals surface area contributed by atoms with Crippen LogP contribution < -0.4 is 10.1 Å². The van der Waals surface area contributed by atoms with Gasteiger partial charge < -0.3 is 10.1 Å². The molecule has 0 spiro atoms. The number of nitrogens with zero attached hydrogens (tertiary/aromatic N) is 3. The lowest BCUT2D eigenvalue weighted by Gasteiger charge is -2.13. The molecule has 0 aromatic carbocycles. The van der Waals surface area contributed by atoms with Crippen molar-refractivity contribution in [3.05, 3.63) is 66.1 Å². The Bertz CT molecular complexity index is 820. The van der Waals surface area contributed by atoms with E-state index in [1.807, 2.05) is 6.92 Å². The van der Waals surface area contributed by atoms with E-state index in [2.05, 4.69) is 33.4 Å². The van der Waals surface area contributed by atoms with Crippen molar-refractivity contribution >= 4 is 28.7 Å². The number of pyridine rings is 1. The SMILES string of the molecule is C=C(Cl)/C=C(\C(=C)F)c1ncc(OC)c(Nc2ccncc2C)n1. The average Bonchev–Trinajstić information content (AvgIpc) is 2.54. The van der Waals surface area contributed by atoms with E-state index in [9.17, 15) is 4.39 Å². The molecular formula is C17H16ClFN4O. The highest BCUT2D eigenvalue weighted by molar-refractivity contribution is 6.31. The number of ether oxygens (including phenoxy) is 1. The first kappa shape index (κ1) is 17.6. The number of hydrogen-bond acceptors (Lipinski definition) is 5. The van der Waals surface area contributed by atoms with E-state index >= 15 is 0 Å². The Kier molecular flexibility index (Phi) is 5.65. The molecule has 0 radical (unpaired) electrons. The lowest BCUT2D eigenvalue weighted by atomic mass is 10.2. The van der Waals surface area contributed by atoms with Crippen LogP contribution in [0.1, 0.15) is 11.4 Å². The number of methoxy groups -OCH3 is 1. The number of nitrogens with one attached hydrogen (secondary N) is 1. The normalized spacial score (nSPS) is 11.1. The summed E-state index contributed by atoms with van der Waals surface area (Å²) in [6.07, 6.45) is 6.11. The van der Waals surface area contributed by atoms with Gasteiger partial charge in [0.15, 0.2) is 17.4 Å². The first-order chi connectivity index (χ1) is 11.4. The number of rotatable bonds is 6. The highest BCUT2D eigenvalue weighted by atomic mass is 35.5. The standard InChI is InChI=1S/C17H16ClFN4O/c1-10-8-20-6-5-14(10)22-17-15(24-4)9-21-16(23-17)13(12(3)19)7-11(2)18/h5-9H,2-3H2,1,4H3,(H,20,21,22,23)/b13-7+. The van der Waals surface area contributed by atoms with E-state index in [1.54, 1.807) is 18.5 Å². The molecule has 0 aliphatic carbocycles. The predicted molar refractivity (Wildman–Crippen MR) is 94.1 cm³/mol. The van der Waals surface area contributed by atoms with Gasteiger partial charge in [-0.25, -0.2) is 14.4 Å². The number of halogens is 2. The fourth-order valence-electron chi connectivity index (χ4n) is 1.90. The summed E-state index contributed by atoms with van der Waals surface area (Å²) in [7, 11) is 1.49. The molecule has 0 aliphatic heterocycles. The van der Waals surface area contributed by atoms with Gasteiger partial charge in [-0.3, -0.25) is 4.98 Å². The second-order valence-electron chi connectivity index (χ2n) is 4.84. The lowest BCUT2D eigenvalue weighted by Crippen LogP contribution is -2.04. The van der Waals surface area contributed by atoms with E-state index in [0.29, 0.717) is 11.6 Å². The zero-order chi connectivity index (χ0) is 17.7. The molecule has 1 N–H and O–H groups in total. The van der Waals surface area contributed by atoms with Crippen molar-refractivity contribution in [3.8, 4) is 5.75 Å². The first-order valence-electron chi connectivity index (χ1n) is 6.92. The molecule has 5 nitrogen and oxygen atoms in total. The molecule has 0 saturated carbocycles. The molecule has 0 amide bonds. The van der Waals surface area contributed by atoms with Gasteiger partial charge in [0.25, 0.3) is 0 Å². The summed E-state index contributed by atoms with van der Waals surface area (Å²) in [5.74, 6) is 0.180. The number of anilines is 2. The van der Waals surface area contributed by atoms with Crippen LogP contribution in [0.2, 0.25) is 0 Å². The minimum absolute atomic E-state index is 0.0483.